The minimum absolute atomic E-state index is 0.0413. The van der Waals surface area contributed by atoms with Crippen molar-refractivity contribution < 1.29 is 5.11 Å². The number of hydrogen-bond acceptors (Lipinski definition) is 3. The minimum atomic E-state index is -0.0413. The first kappa shape index (κ1) is 14.3. The molecule has 0 atom stereocenters. The van der Waals surface area contributed by atoms with Crippen LogP contribution in [0.25, 0.3) is 10.2 Å². The van der Waals surface area contributed by atoms with Gasteiger partial charge in [0.25, 0.3) is 0 Å². The second-order valence-electron chi connectivity index (χ2n) is 4.46. The molecule has 0 bridgehead atoms. The van der Waals surface area contributed by atoms with Crippen molar-refractivity contribution in [3.63, 3.8) is 0 Å². The number of phenolic OH excluding ortho intramolecular Hbond substituents is 1. The average Bonchev–Trinajstić information content (AvgIpc) is 2.72. The van der Waals surface area contributed by atoms with E-state index in [9.17, 15) is 9.90 Å². The lowest BCUT2D eigenvalue weighted by molar-refractivity contribution is 0.465. The average molecular weight is 287 g/mol. The van der Waals surface area contributed by atoms with E-state index in [2.05, 4.69) is 19.7 Å². The molecule has 104 valence electrons. The van der Waals surface area contributed by atoms with Gasteiger partial charge in [0.05, 0.1) is 10.2 Å². The van der Waals surface area contributed by atoms with Gasteiger partial charge in [-0.2, -0.15) is 0 Å². The highest BCUT2D eigenvalue weighted by molar-refractivity contribution is 7.16. The van der Waals surface area contributed by atoms with Crippen LogP contribution in [0.3, 0.4) is 0 Å². The molecule has 1 heterocycles. The molecule has 0 spiro atoms. The van der Waals surface area contributed by atoms with E-state index < -0.39 is 0 Å². The van der Waals surface area contributed by atoms with Crippen molar-refractivity contribution in [3.05, 3.63) is 64.8 Å². The topological polar surface area (TPSA) is 42.2 Å². The number of allylic oxidation sites excluding steroid dienone is 3. The normalized spacial score (nSPS) is 10.6. The number of hydrogen-bond donors (Lipinski definition) is 1. The molecule has 3 nitrogen and oxygen atoms in total. The van der Waals surface area contributed by atoms with E-state index >= 15 is 0 Å². The Morgan fingerprint density at radius 2 is 1.90 bits per heavy atom. The van der Waals surface area contributed by atoms with Crippen LogP contribution in [0.4, 0.5) is 0 Å². The van der Waals surface area contributed by atoms with Crippen LogP contribution < -0.4 is 4.87 Å². The molecule has 2 rings (SSSR count). The van der Waals surface area contributed by atoms with Gasteiger partial charge in [0.15, 0.2) is 0 Å². The number of thiazole rings is 1. The smallest absolute Gasteiger partial charge is 0.308 e. The van der Waals surface area contributed by atoms with Gasteiger partial charge >= 0.3 is 4.87 Å². The largest absolute Gasteiger partial charge is 0.507 e. The van der Waals surface area contributed by atoms with Crippen LogP contribution in [0.5, 0.6) is 5.75 Å². The molecular weight excluding hydrogens is 270 g/mol. The van der Waals surface area contributed by atoms with Crippen molar-refractivity contribution in [3.8, 4) is 5.75 Å². The Labute approximate surface area is 121 Å². The van der Waals surface area contributed by atoms with E-state index in [0.29, 0.717) is 19.4 Å². The summed E-state index contributed by atoms with van der Waals surface area (Å²) in [5.74, 6) is 0.240. The third-order valence-corrected chi connectivity index (χ3v) is 4.19. The van der Waals surface area contributed by atoms with Crippen molar-refractivity contribution in [1.29, 1.82) is 0 Å². The first-order valence-corrected chi connectivity index (χ1v) is 7.15. The van der Waals surface area contributed by atoms with Crippen molar-refractivity contribution in [1.82, 2.24) is 4.57 Å². The number of rotatable bonds is 6. The lowest BCUT2D eigenvalue weighted by Crippen LogP contribution is -2.11. The molecule has 0 saturated heterocycles. The number of fused-ring (bicyclic) bond motifs is 1. The Kier molecular flexibility index (Phi) is 4.25. The molecule has 0 unspecified atom stereocenters. The van der Waals surface area contributed by atoms with Crippen LogP contribution in [-0.2, 0) is 19.4 Å². The Morgan fingerprint density at radius 1 is 1.20 bits per heavy atom. The number of phenols is 1. The Balaban J connectivity index is 2.84. The Morgan fingerprint density at radius 3 is 2.50 bits per heavy atom. The molecule has 0 aliphatic heterocycles. The highest BCUT2D eigenvalue weighted by Gasteiger charge is 2.16. The molecule has 4 heteroatoms. The summed E-state index contributed by atoms with van der Waals surface area (Å²) in [5, 5.41) is 10.4. The van der Waals surface area contributed by atoms with Crippen molar-refractivity contribution in [2.75, 3.05) is 0 Å². The zero-order valence-electron chi connectivity index (χ0n) is 11.3. The van der Waals surface area contributed by atoms with Gasteiger partial charge in [0, 0.05) is 17.7 Å². The SMILES string of the molecule is C=CCc1cc2c(sc(=O)n2CC=C)c(CC=C)c1O. The molecule has 1 aromatic heterocycles. The lowest BCUT2D eigenvalue weighted by atomic mass is 10.0. The van der Waals surface area contributed by atoms with Gasteiger partial charge < -0.3 is 5.11 Å². The summed E-state index contributed by atoms with van der Waals surface area (Å²) in [6.45, 7) is 11.6. The summed E-state index contributed by atoms with van der Waals surface area (Å²) in [6, 6.07) is 1.86. The first-order chi connectivity index (χ1) is 9.63. The molecule has 0 radical (unpaired) electrons. The highest BCUT2D eigenvalue weighted by Crippen LogP contribution is 2.34. The van der Waals surface area contributed by atoms with Crippen LogP contribution >= 0.6 is 11.3 Å². The van der Waals surface area contributed by atoms with E-state index in [1.165, 1.54) is 0 Å². The number of benzene rings is 1. The van der Waals surface area contributed by atoms with Crippen molar-refractivity contribution in [2.24, 2.45) is 0 Å². The summed E-state index contributed by atoms with van der Waals surface area (Å²) in [7, 11) is 0. The molecule has 0 aliphatic rings. The number of aromatic nitrogens is 1. The predicted molar refractivity (Wildman–Crippen MR) is 85.7 cm³/mol. The van der Waals surface area contributed by atoms with Crippen molar-refractivity contribution in [2.45, 2.75) is 19.4 Å². The van der Waals surface area contributed by atoms with E-state index in [1.807, 2.05) is 6.07 Å². The lowest BCUT2D eigenvalue weighted by Gasteiger charge is -2.10. The quantitative estimate of drug-likeness (QED) is 0.827. The third-order valence-electron chi connectivity index (χ3n) is 3.13. The molecule has 0 fully saturated rings. The number of aromatic hydroxyl groups is 1. The van der Waals surface area contributed by atoms with E-state index in [-0.39, 0.29) is 10.6 Å². The zero-order chi connectivity index (χ0) is 14.7. The maximum Gasteiger partial charge on any atom is 0.308 e. The second-order valence-corrected chi connectivity index (χ2v) is 5.43. The summed E-state index contributed by atoms with van der Waals surface area (Å²) < 4.78 is 2.49. The number of nitrogens with zero attached hydrogens (tertiary/aromatic N) is 1. The van der Waals surface area contributed by atoms with E-state index in [0.717, 1.165) is 32.7 Å². The highest BCUT2D eigenvalue weighted by atomic mass is 32.1. The van der Waals surface area contributed by atoms with Crippen LogP contribution in [-0.4, -0.2) is 9.67 Å². The van der Waals surface area contributed by atoms with Gasteiger partial charge in [-0.3, -0.25) is 9.36 Å². The summed E-state index contributed by atoms with van der Waals surface area (Å²) in [5.41, 5.74) is 2.38. The monoisotopic (exact) mass is 287 g/mol. The van der Waals surface area contributed by atoms with E-state index in [1.54, 1.807) is 22.8 Å². The maximum absolute atomic E-state index is 12.1. The van der Waals surface area contributed by atoms with Gasteiger partial charge in [-0.25, -0.2) is 0 Å². The van der Waals surface area contributed by atoms with Gasteiger partial charge in [-0.1, -0.05) is 29.6 Å². The fourth-order valence-electron chi connectivity index (χ4n) is 2.26. The van der Waals surface area contributed by atoms with Gasteiger partial charge in [0.2, 0.25) is 0 Å². The van der Waals surface area contributed by atoms with E-state index in [4.69, 9.17) is 0 Å². The molecule has 20 heavy (non-hydrogen) atoms. The van der Waals surface area contributed by atoms with Gasteiger partial charge in [-0.15, -0.1) is 19.7 Å². The standard InChI is InChI=1S/C16H17NO2S/c1-4-7-11-10-13-15(12(8-5-2)14(11)18)20-16(19)17(13)9-6-3/h4-6,10,18H,1-3,7-9H2. The maximum atomic E-state index is 12.1. The summed E-state index contributed by atoms with van der Waals surface area (Å²) >= 11 is 1.15. The van der Waals surface area contributed by atoms with Crippen LogP contribution in [0.2, 0.25) is 0 Å². The molecule has 2 aromatic rings. The van der Waals surface area contributed by atoms with Crippen molar-refractivity contribution >= 4 is 21.6 Å². The van der Waals surface area contributed by atoms with Gasteiger partial charge in [0.1, 0.15) is 5.75 Å². The third kappa shape index (κ3) is 2.34. The molecule has 0 saturated carbocycles. The first-order valence-electron chi connectivity index (χ1n) is 6.33. The molecule has 1 aromatic carbocycles. The Hall–Kier alpha value is -2.07. The fourth-order valence-corrected chi connectivity index (χ4v) is 3.29. The fraction of sp³-hybridized carbons (Fsp3) is 0.188. The van der Waals surface area contributed by atoms with Crippen LogP contribution in [0, 0.1) is 0 Å². The minimum Gasteiger partial charge on any atom is -0.507 e. The van der Waals surface area contributed by atoms with Crippen LogP contribution in [0.15, 0.2) is 48.8 Å². The molecular formula is C16H17NO2S. The summed E-state index contributed by atoms with van der Waals surface area (Å²) in [4.78, 5) is 12.0. The van der Waals surface area contributed by atoms with Gasteiger partial charge in [-0.05, 0) is 18.9 Å². The Bertz CT molecular complexity index is 737. The molecule has 0 amide bonds. The van der Waals surface area contributed by atoms with Crippen LogP contribution in [0.1, 0.15) is 11.1 Å². The predicted octanol–water partition coefficient (Wildman–Crippen LogP) is 3.41. The molecule has 1 N–H and O–H groups in total. The summed E-state index contributed by atoms with van der Waals surface area (Å²) in [6.07, 6.45) is 6.25. The second kappa shape index (κ2) is 5.92. The molecule has 0 aliphatic carbocycles. The zero-order valence-corrected chi connectivity index (χ0v) is 12.1.